The molecule has 3 nitrogen and oxygen atoms in total. The number of carbonyl (C=O) groups excluding carboxylic acids is 1. The molecular weight excluding hydrogens is 243 g/mol. The monoisotopic (exact) mass is 266 g/mol. The van der Waals surface area contributed by atoms with Crippen LogP contribution in [-0.2, 0) is 4.79 Å². The number of anilines is 1. The van der Waals surface area contributed by atoms with Crippen LogP contribution in [0.2, 0.25) is 0 Å². The van der Waals surface area contributed by atoms with Gasteiger partial charge in [0.05, 0.1) is 0 Å². The highest BCUT2D eigenvalue weighted by Crippen LogP contribution is 2.19. The van der Waals surface area contributed by atoms with E-state index in [2.05, 4.69) is 6.92 Å². The summed E-state index contributed by atoms with van der Waals surface area (Å²) in [6.45, 7) is 5.11. The van der Waals surface area contributed by atoms with Gasteiger partial charge in [-0.3, -0.25) is 4.79 Å². The zero-order chi connectivity index (χ0) is 14.3. The van der Waals surface area contributed by atoms with Gasteiger partial charge in [-0.05, 0) is 43.7 Å². The number of benzene rings is 1. The molecule has 1 atom stereocenters. The van der Waals surface area contributed by atoms with Gasteiger partial charge in [0.1, 0.15) is 5.82 Å². The second-order valence-electron chi connectivity index (χ2n) is 4.80. The fourth-order valence-corrected chi connectivity index (χ4v) is 2.06. The SMILES string of the molecule is CCCC(C)C(=O)N(CCCN)c1ccc(F)cc1. The minimum Gasteiger partial charge on any atom is -0.330 e. The van der Waals surface area contributed by atoms with Crippen LogP contribution >= 0.6 is 0 Å². The van der Waals surface area contributed by atoms with E-state index in [1.54, 1.807) is 17.0 Å². The lowest BCUT2D eigenvalue weighted by atomic mass is 10.0. The average Bonchev–Trinajstić information content (AvgIpc) is 2.41. The smallest absolute Gasteiger partial charge is 0.229 e. The van der Waals surface area contributed by atoms with Crippen molar-refractivity contribution in [1.82, 2.24) is 0 Å². The Morgan fingerprint density at radius 1 is 1.37 bits per heavy atom. The highest BCUT2D eigenvalue weighted by atomic mass is 19.1. The zero-order valence-electron chi connectivity index (χ0n) is 11.7. The number of halogens is 1. The van der Waals surface area contributed by atoms with Gasteiger partial charge in [-0.2, -0.15) is 0 Å². The van der Waals surface area contributed by atoms with Gasteiger partial charge in [0.15, 0.2) is 0 Å². The molecule has 1 amide bonds. The Balaban J connectivity index is 2.87. The number of carbonyl (C=O) groups is 1. The molecule has 0 radical (unpaired) electrons. The predicted molar refractivity (Wildman–Crippen MR) is 76.5 cm³/mol. The lowest BCUT2D eigenvalue weighted by Crippen LogP contribution is -2.36. The van der Waals surface area contributed by atoms with Crippen molar-refractivity contribution in [2.45, 2.75) is 33.1 Å². The summed E-state index contributed by atoms with van der Waals surface area (Å²) in [6, 6.07) is 6.04. The summed E-state index contributed by atoms with van der Waals surface area (Å²) in [5.41, 5.74) is 6.25. The van der Waals surface area contributed by atoms with E-state index < -0.39 is 0 Å². The van der Waals surface area contributed by atoms with Crippen LogP contribution in [0.25, 0.3) is 0 Å². The van der Waals surface area contributed by atoms with E-state index in [9.17, 15) is 9.18 Å². The molecule has 2 N–H and O–H groups in total. The summed E-state index contributed by atoms with van der Waals surface area (Å²) in [6.07, 6.45) is 2.57. The first-order valence-corrected chi connectivity index (χ1v) is 6.87. The number of hydrogen-bond donors (Lipinski definition) is 1. The maximum atomic E-state index is 13.0. The Morgan fingerprint density at radius 3 is 2.53 bits per heavy atom. The first-order chi connectivity index (χ1) is 9.10. The molecule has 4 heteroatoms. The summed E-state index contributed by atoms with van der Waals surface area (Å²) in [5.74, 6) is -0.230. The molecule has 0 saturated carbocycles. The zero-order valence-corrected chi connectivity index (χ0v) is 11.7. The van der Waals surface area contributed by atoms with Crippen molar-refractivity contribution in [1.29, 1.82) is 0 Å². The van der Waals surface area contributed by atoms with Crippen LogP contribution in [-0.4, -0.2) is 19.0 Å². The van der Waals surface area contributed by atoms with E-state index in [-0.39, 0.29) is 17.6 Å². The third-order valence-electron chi connectivity index (χ3n) is 3.13. The Morgan fingerprint density at radius 2 is 2.00 bits per heavy atom. The highest BCUT2D eigenvalue weighted by molar-refractivity contribution is 5.94. The first-order valence-electron chi connectivity index (χ1n) is 6.87. The number of amides is 1. The van der Waals surface area contributed by atoms with Crippen molar-refractivity contribution in [3.8, 4) is 0 Å². The Bertz CT molecular complexity index is 392. The molecule has 0 aliphatic carbocycles. The summed E-state index contributed by atoms with van der Waals surface area (Å²) < 4.78 is 13.0. The van der Waals surface area contributed by atoms with Gasteiger partial charge in [-0.15, -0.1) is 0 Å². The van der Waals surface area contributed by atoms with Crippen LogP contribution in [0, 0.1) is 11.7 Å². The fourth-order valence-electron chi connectivity index (χ4n) is 2.06. The van der Waals surface area contributed by atoms with E-state index in [1.165, 1.54) is 12.1 Å². The molecule has 0 fully saturated rings. The maximum Gasteiger partial charge on any atom is 0.229 e. The largest absolute Gasteiger partial charge is 0.330 e. The molecule has 1 aromatic rings. The molecule has 0 bridgehead atoms. The van der Waals surface area contributed by atoms with Gasteiger partial charge < -0.3 is 10.6 Å². The molecule has 0 aromatic heterocycles. The molecule has 19 heavy (non-hydrogen) atoms. The molecular formula is C15H23FN2O. The summed E-state index contributed by atoms with van der Waals surface area (Å²) in [5, 5.41) is 0. The van der Waals surface area contributed by atoms with Crippen LogP contribution in [0.5, 0.6) is 0 Å². The van der Waals surface area contributed by atoms with Crippen LogP contribution in [0.4, 0.5) is 10.1 Å². The molecule has 1 unspecified atom stereocenters. The van der Waals surface area contributed by atoms with E-state index in [0.29, 0.717) is 13.1 Å². The molecule has 0 spiro atoms. The molecule has 106 valence electrons. The van der Waals surface area contributed by atoms with Crippen LogP contribution in [0.1, 0.15) is 33.1 Å². The van der Waals surface area contributed by atoms with Gasteiger partial charge in [-0.1, -0.05) is 20.3 Å². The standard InChI is InChI=1S/C15H23FN2O/c1-3-5-12(2)15(19)18(11-4-10-17)14-8-6-13(16)7-9-14/h6-9,12H,3-5,10-11,17H2,1-2H3. The van der Waals surface area contributed by atoms with Crippen LogP contribution in [0.3, 0.4) is 0 Å². The average molecular weight is 266 g/mol. The number of nitrogens with two attached hydrogens (primary N) is 1. The topological polar surface area (TPSA) is 46.3 Å². The van der Waals surface area contributed by atoms with Crippen molar-refractivity contribution >= 4 is 11.6 Å². The van der Waals surface area contributed by atoms with Crippen molar-refractivity contribution in [3.63, 3.8) is 0 Å². The number of hydrogen-bond acceptors (Lipinski definition) is 2. The molecule has 0 saturated heterocycles. The summed E-state index contributed by atoms with van der Waals surface area (Å²) >= 11 is 0. The van der Waals surface area contributed by atoms with Gasteiger partial charge in [0.25, 0.3) is 0 Å². The Labute approximate surface area is 114 Å². The third-order valence-corrected chi connectivity index (χ3v) is 3.13. The molecule has 0 aliphatic rings. The lowest BCUT2D eigenvalue weighted by Gasteiger charge is -2.25. The highest BCUT2D eigenvalue weighted by Gasteiger charge is 2.20. The van der Waals surface area contributed by atoms with E-state index >= 15 is 0 Å². The quantitative estimate of drug-likeness (QED) is 0.824. The van der Waals surface area contributed by atoms with Crippen LogP contribution in [0.15, 0.2) is 24.3 Å². The van der Waals surface area contributed by atoms with Crippen molar-refractivity contribution < 1.29 is 9.18 Å². The van der Waals surface area contributed by atoms with E-state index in [0.717, 1.165) is 24.9 Å². The van der Waals surface area contributed by atoms with Gasteiger partial charge >= 0.3 is 0 Å². The van der Waals surface area contributed by atoms with Crippen molar-refractivity contribution in [2.75, 3.05) is 18.0 Å². The second kappa shape index (κ2) is 7.89. The summed E-state index contributed by atoms with van der Waals surface area (Å²) in [4.78, 5) is 14.1. The Kier molecular flexibility index (Phi) is 6.50. The van der Waals surface area contributed by atoms with Gasteiger partial charge in [-0.25, -0.2) is 4.39 Å². The fraction of sp³-hybridized carbons (Fsp3) is 0.533. The lowest BCUT2D eigenvalue weighted by molar-refractivity contribution is -0.122. The predicted octanol–water partition coefficient (Wildman–Crippen LogP) is 2.94. The van der Waals surface area contributed by atoms with Gasteiger partial charge in [0.2, 0.25) is 5.91 Å². The maximum absolute atomic E-state index is 13.0. The van der Waals surface area contributed by atoms with Crippen molar-refractivity contribution in [3.05, 3.63) is 30.1 Å². The third kappa shape index (κ3) is 4.63. The van der Waals surface area contributed by atoms with Crippen molar-refractivity contribution in [2.24, 2.45) is 11.7 Å². The molecule has 0 aliphatic heterocycles. The summed E-state index contributed by atoms with van der Waals surface area (Å²) in [7, 11) is 0. The van der Waals surface area contributed by atoms with Crippen LogP contribution < -0.4 is 10.6 Å². The van der Waals surface area contributed by atoms with Gasteiger partial charge in [0, 0.05) is 18.2 Å². The van der Waals surface area contributed by atoms with E-state index in [1.807, 2.05) is 6.92 Å². The molecule has 0 heterocycles. The minimum absolute atomic E-state index is 0.0205. The second-order valence-corrected chi connectivity index (χ2v) is 4.80. The minimum atomic E-state index is -0.295. The number of rotatable bonds is 7. The van der Waals surface area contributed by atoms with E-state index in [4.69, 9.17) is 5.73 Å². The normalized spacial score (nSPS) is 12.2. The molecule has 1 aromatic carbocycles. The Hall–Kier alpha value is -1.42. The first kappa shape index (κ1) is 15.6. The number of nitrogens with zero attached hydrogens (tertiary/aromatic N) is 1. The molecule has 1 rings (SSSR count).